The molecule has 536 valence electrons. The third-order valence-corrected chi connectivity index (χ3v) is 27.0. The van der Waals surface area contributed by atoms with E-state index in [0.29, 0.717) is 35.5 Å². The minimum atomic E-state index is -0.318. The maximum Gasteiger partial charge on any atom is 0.416 e. The van der Waals surface area contributed by atoms with Gasteiger partial charge < -0.3 is 30.3 Å². The van der Waals surface area contributed by atoms with Crippen LogP contribution in [0.4, 0.5) is 0 Å². The summed E-state index contributed by atoms with van der Waals surface area (Å²) in [6, 6.07) is 21.4. The number of pyridine rings is 4. The molecular weight excluding hydrogens is 1230 g/mol. The molecule has 0 bridgehead atoms. The molecule has 7 aromatic rings. The monoisotopic (exact) mass is 1350 g/mol. The van der Waals surface area contributed by atoms with Gasteiger partial charge in [0, 0.05) is 150 Å². The van der Waals surface area contributed by atoms with Crippen LogP contribution in [-0.2, 0) is 0 Å². The molecule has 13 nitrogen and oxygen atoms in total. The zero-order valence-corrected chi connectivity index (χ0v) is 64.2. The van der Waals surface area contributed by atoms with Gasteiger partial charge in [0.1, 0.15) is 5.76 Å². The Kier molecular flexibility index (Phi) is 23.1. The van der Waals surface area contributed by atoms with E-state index in [1.54, 1.807) is 22.4 Å². The SMILES string of the molecule is CC1C2=C(CCCC2)C1C.CC1C2=C(NCCC2)C1C.CC1C2=C(NCCN2)C1C.CC1c2[nH]c(=O)[nH]c2C1C.CC1c2[nH]c(=O)oc2C1C.CC1c2ccccc2C1C.CC1c2cccnc2C1C.CC1c2cccnc2C1C.CC1c2ccncc2C1C.CC1c2ccncc2C1C. The van der Waals surface area contributed by atoms with E-state index in [9.17, 15) is 9.59 Å². The summed E-state index contributed by atoms with van der Waals surface area (Å²) in [5.41, 5.74) is 27.4. The van der Waals surface area contributed by atoms with Crippen LogP contribution < -0.4 is 27.4 Å². The predicted molar refractivity (Wildman–Crippen MR) is 410 cm³/mol. The first kappa shape index (κ1) is 73.7. The van der Waals surface area contributed by atoms with Crippen molar-refractivity contribution in [1.82, 2.24) is 50.8 Å². The number of fused-ring (bicyclic) bond motifs is 7. The fourth-order valence-electron chi connectivity index (χ4n) is 17.7. The van der Waals surface area contributed by atoms with Crippen LogP contribution in [-0.4, -0.2) is 54.5 Å². The average molecular weight is 1350 g/mol. The molecule has 20 rings (SSSR count). The Bertz CT molecular complexity index is 3460. The molecule has 0 radical (unpaired) electrons. The van der Waals surface area contributed by atoms with Crippen molar-refractivity contribution in [3.63, 3.8) is 0 Å². The minimum Gasteiger partial charge on any atom is -0.412 e. The van der Waals surface area contributed by atoms with Crippen molar-refractivity contribution in [2.24, 2.45) is 35.5 Å². The smallest absolute Gasteiger partial charge is 0.412 e. The van der Waals surface area contributed by atoms with Crippen LogP contribution in [0.5, 0.6) is 0 Å². The number of aromatic amines is 3. The van der Waals surface area contributed by atoms with Crippen molar-refractivity contribution >= 4 is 0 Å². The Morgan fingerprint density at radius 2 is 0.690 bits per heavy atom. The topological polar surface area (TPSA) is 182 Å². The molecule has 0 spiro atoms. The van der Waals surface area contributed by atoms with Gasteiger partial charge in [-0.25, -0.2) is 9.59 Å². The first-order chi connectivity index (χ1) is 47.8. The van der Waals surface area contributed by atoms with Gasteiger partial charge in [0.05, 0.1) is 5.69 Å². The Hall–Kier alpha value is -7.54. The maximum atomic E-state index is 10.7. The van der Waals surface area contributed by atoms with Crippen molar-refractivity contribution in [3.05, 3.63) is 231 Å². The Morgan fingerprint density at radius 3 is 1.11 bits per heavy atom. The Morgan fingerprint density at radius 1 is 0.320 bits per heavy atom. The largest absolute Gasteiger partial charge is 0.416 e. The second-order valence-electron chi connectivity index (χ2n) is 32.0. The van der Waals surface area contributed by atoms with Crippen LogP contribution in [0.15, 0.2) is 146 Å². The molecule has 1 aromatic carbocycles. The first-order valence-corrected chi connectivity index (χ1v) is 38.6. The molecule has 6 N–H and O–H groups in total. The number of oxazole rings is 1. The summed E-state index contributed by atoms with van der Waals surface area (Å²) >= 11 is 0. The van der Waals surface area contributed by atoms with E-state index in [1.807, 2.05) is 60.5 Å². The summed E-state index contributed by atoms with van der Waals surface area (Å²) in [6.45, 7) is 48.4. The van der Waals surface area contributed by atoms with Crippen molar-refractivity contribution in [1.29, 1.82) is 0 Å². The standard InChI is InChI=1S/C10H16.C10H12.2C9H11N.C9H15N.2C9H11N.C8H14N2.C7H10N2O.C7H9NO2/c2*1-7-8(2)10-6-4-3-5-9(7)10;2*1-6-7(2)9-5-10-4-3-8(6)9;3*1-6-7(2)9-8(6)4-3-5-10-9;1-5-6(2)8-7(5)9-3-4-10-8;1-3-4(2)6-5(3)8-7(10)9-6;1-3-4(2)6-5(3)8-7(9)10-6/h7-8H,3-6H2,1-2H3;3-8H,1-2H3;2*3-7H,1-2H3;6-7,10H,3-5H2,1-2H3;2*3-7H,1-2H3;5-6,9-10H,3-4H2,1-2H3;3-4H,1-2H3,(H2,8,9,10);3-4H,1-2H3,(H,8,9). The van der Waals surface area contributed by atoms with Crippen LogP contribution in [0.25, 0.3) is 0 Å². The molecule has 13 heteroatoms. The molecule has 6 aromatic heterocycles. The van der Waals surface area contributed by atoms with E-state index in [1.165, 1.54) is 101 Å². The number of nitrogens with zero attached hydrogens (tertiary/aromatic N) is 4. The molecule has 20 atom stereocenters. The number of imidazole rings is 1. The second kappa shape index (κ2) is 31.4. The molecule has 0 saturated heterocycles. The number of benzene rings is 1. The van der Waals surface area contributed by atoms with E-state index in [0.717, 1.165) is 119 Å². The van der Waals surface area contributed by atoms with Gasteiger partial charge in [-0.2, -0.15) is 0 Å². The zero-order chi connectivity index (χ0) is 71.7. The van der Waals surface area contributed by atoms with Gasteiger partial charge >= 0.3 is 11.4 Å². The molecule has 0 amide bonds. The van der Waals surface area contributed by atoms with Crippen LogP contribution in [0.1, 0.15) is 339 Å². The molecule has 0 saturated carbocycles. The van der Waals surface area contributed by atoms with Gasteiger partial charge in [0.25, 0.3) is 0 Å². The minimum absolute atomic E-state index is 0.0683. The third-order valence-electron chi connectivity index (χ3n) is 27.0. The fourth-order valence-corrected chi connectivity index (χ4v) is 17.7. The molecule has 0 fully saturated rings. The summed E-state index contributed by atoms with van der Waals surface area (Å²) < 4.78 is 4.87. The van der Waals surface area contributed by atoms with Crippen molar-refractivity contribution in [3.8, 4) is 0 Å². The van der Waals surface area contributed by atoms with Gasteiger partial charge in [0.2, 0.25) is 0 Å². The summed E-state index contributed by atoms with van der Waals surface area (Å²) in [6.07, 6.45) is 19.9. The summed E-state index contributed by atoms with van der Waals surface area (Å²) in [7, 11) is 0. The summed E-state index contributed by atoms with van der Waals surface area (Å²) in [5, 5.41) is 10.3. The van der Waals surface area contributed by atoms with Gasteiger partial charge in [-0.3, -0.25) is 24.9 Å². The molecule has 11 aliphatic carbocycles. The van der Waals surface area contributed by atoms with Gasteiger partial charge in [-0.1, -0.05) is 186 Å². The quantitative estimate of drug-likeness (QED) is 0.0800. The van der Waals surface area contributed by atoms with Crippen molar-refractivity contribution in [2.45, 2.75) is 260 Å². The average Bonchev–Trinajstić information content (AvgIpc) is 1.56. The lowest BCUT2D eigenvalue weighted by molar-refractivity contribution is 0.340. The van der Waals surface area contributed by atoms with Gasteiger partial charge in [-0.15, -0.1) is 0 Å². The molecular formula is C87H120N10O3. The highest BCUT2D eigenvalue weighted by Crippen LogP contribution is 2.51. The highest BCUT2D eigenvalue weighted by Gasteiger charge is 2.40. The molecule has 2 aliphatic heterocycles. The van der Waals surface area contributed by atoms with E-state index in [2.05, 4.69) is 238 Å². The Balaban J connectivity index is 0.000000112. The zero-order valence-electron chi connectivity index (χ0n) is 64.2. The number of hydrogen-bond acceptors (Lipinski definition) is 10. The third kappa shape index (κ3) is 14.4. The highest BCUT2D eigenvalue weighted by atomic mass is 16.4. The van der Waals surface area contributed by atoms with Gasteiger partial charge in [-0.05, 0) is 178 Å². The van der Waals surface area contributed by atoms with Crippen molar-refractivity contribution in [2.75, 3.05) is 19.6 Å². The van der Waals surface area contributed by atoms with E-state index >= 15 is 0 Å². The van der Waals surface area contributed by atoms with Gasteiger partial charge in [0.15, 0.2) is 0 Å². The van der Waals surface area contributed by atoms with E-state index < -0.39 is 0 Å². The summed E-state index contributed by atoms with van der Waals surface area (Å²) in [4.78, 5) is 46.3. The number of H-pyrrole nitrogens is 3. The number of hydrogen-bond donors (Lipinski definition) is 6. The van der Waals surface area contributed by atoms with Crippen LogP contribution in [0, 0.1) is 35.5 Å². The van der Waals surface area contributed by atoms with Crippen LogP contribution in [0.2, 0.25) is 0 Å². The highest BCUT2D eigenvalue weighted by molar-refractivity contribution is 5.45. The second-order valence-corrected chi connectivity index (χ2v) is 32.0. The first-order valence-electron chi connectivity index (χ1n) is 38.6. The van der Waals surface area contributed by atoms with E-state index in [4.69, 9.17) is 4.42 Å². The van der Waals surface area contributed by atoms with Crippen LogP contribution in [0.3, 0.4) is 0 Å². The fraction of sp³-hybridized carbons (Fsp3) is 0.563. The number of nitrogens with one attached hydrogen (secondary N) is 6. The lowest BCUT2D eigenvalue weighted by Crippen LogP contribution is -2.48. The van der Waals surface area contributed by atoms with E-state index in [-0.39, 0.29) is 11.4 Å². The predicted octanol–water partition coefficient (Wildman–Crippen LogP) is 20.0. The lowest BCUT2D eigenvalue weighted by atomic mass is 9.64. The number of allylic oxidation sites excluding steroid dienone is 6. The normalized spacial score (nSPS) is 31.8. The molecule has 20 unspecified atom stereocenters. The maximum absolute atomic E-state index is 10.7. The van der Waals surface area contributed by atoms with Crippen molar-refractivity contribution < 1.29 is 4.42 Å². The summed E-state index contributed by atoms with van der Waals surface area (Å²) in [5.74, 6) is 14.8. The Labute approximate surface area is 598 Å². The van der Waals surface area contributed by atoms with Crippen LogP contribution >= 0.6 is 0 Å². The number of aromatic nitrogens is 7. The molecule has 8 heterocycles. The molecule has 100 heavy (non-hydrogen) atoms. The lowest BCUT2D eigenvalue weighted by Gasteiger charge is -2.42. The molecule has 13 aliphatic rings. The number of rotatable bonds is 0.